The molecule has 0 unspecified atom stereocenters. The minimum absolute atomic E-state index is 0.0597. The van der Waals surface area contributed by atoms with Crippen molar-refractivity contribution in [3.8, 4) is 0 Å². The standard InChI is InChI=1S/C24H31N3O6/c1-7-26(8-2)11-12-27-20(16-10-9-13(3)33-16)18(22(29)23(27)30)21(28)17-14(4)19(24(31)32-6)25-15(17)5/h9-10,20,25,28H,7-8,11-12H2,1-6H3/t20-/m1/s1. The largest absolute Gasteiger partial charge is 0.507 e. The van der Waals surface area contributed by atoms with E-state index in [4.69, 9.17) is 9.15 Å². The Morgan fingerprint density at radius 2 is 1.88 bits per heavy atom. The second-order valence-electron chi connectivity index (χ2n) is 8.08. The number of rotatable bonds is 8. The molecule has 2 aromatic rings. The Balaban J connectivity index is 2.15. The normalized spacial score (nSPS) is 17.9. The number of hydrogen-bond donors (Lipinski definition) is 2. The van der Waals surface area contributed by atoms with Crippen molar-refractivity contribution in [2.75, 3.05) is 33.3 Å². The predicted octanol–water partition coefficient (Wildman–Crippen LogP) is 3.08. The van der Waals surface area contributed by atoms with Gasteiger partial charge in [-0.15, -0.1) is 0 Å². The van der Waals surface area contributed by atoms with Gasteiger partial charge in [0.2, 0.25) is 0 Å². The molecule has 0 spiro atoms. The Kier molecular flexibility index (Phi) is 7.12. The molecule has 1 amide bonds. The summed E-state index contributed by atoms with van der Waals surface area (Å²) in [6, 6.07) is 2.59. The lowest BCUT2D eigenvalue weighted by Crippen LogP contribution is -2.37. The van der Waals surface area contributed by atoms with Gasteiger partial charge in [0.15, 0.2) is 0 Å². The van der Waals surface area contributed by atoms with Crippen LogP contribution in [0, 0.1) is 20.8 Å². The SMILES string of the molecule is CCN(CC)CCN1C(=O)C(=O)C(=C(O)c2c(C)[nH]c(C(=O)OC)c2C)[C@H]1c1ccc(C)o1. The van der Waals surface area contributed by atoms with Crippen LogP contribution in [0.2, 0.25) is 0 Å². The number of carbonyl (C=O) groups excluding carboxylic acids is 3. The number of aryl methyl sites for hydroxylation is 2. The van der Waals surface area contributed by atoms with Crippen molar-refractivity contribution >= 4 is 23.4 Å². The lowest BCUT2D eigenvalue weighted by atomic mass is 9.97. The van der Waals surface area contributed by atoms with E-state index in [0.29, 0.717) is 41.4 Å². The van der Waals surface area contributed by atoms with E-state index in [-0.39, 0.29) is 17.0 Å². The predicted molar refractivity (Wildman–Crippen MR) is 122 cm³/mol. The number of aromatic nitrogens is 1. The highest BCUT2D eigenvalue weighted by Gasteiger charge is 2.48. The third kappa shape index (κ3) is 4.32. The summed E-state index contributed by atoms with van der Waals surface area (Å²) in [5, 5.41) is 11.3. The third-order valence-electron chi connectivity index (χ3n) is 6.19. The molecule has 178 valence electrons. The van der Waals surface area contributed by atoms with Crippen LogP contribution in [0.3, 0.4) is 0 Å². The number of ether oxygens (including phenoxy) is 1. The number of amides is 1. The second-order valence-corrected chi connectivity index (χ2v) is 8.08. The molecule has 1 aliphatic heterocycles. The molecular formula is C24H31N3O6. The van der Waals surface area contributed by atoms with E-state index in [0.717, 1.165) is 13.1 Å². The molecule has 1 atom stereocenters. The molecule has 3 heterocycles. The van der Waals surface area contributed by atoms with Crippen LogP contribution in [0.25, 0.3) is 5.76 Å². The number of methoxy groups -OCH3 is 1. The number of aromatic amines is 1. The number of H-pyrrole nitrogens is 1. The van der Waals surface area contributed by atoms with Gasteiger partial charge < -0.3 is 29.0 Å². The fraction of sp³-hybridized carbons (Fsp3) is 0.458. The van der Waals surface area contributed by atoms with E-state index in [1.807, 2.05) is 13.8 Å². The quantitative estimate of drug-likeness (QED) is 0.271. The Morgan fingerprint density at radius 1 is 1.21 bits per heavy atom. The number of hydrogen-bond acceptors (Lipinski definition) is 7. The Hall–Kier alpha value is -3.33. The second kappa shape index (κ2) is 9.66. The summed E-state index contributed by atoms with van der Waals surface area (Å²) in [6.45, 7) is 11.6. The van der Waals surface area contributed by atoms with Gasteiger partial charge in [0.05, 0.1) is 12.7 Å². The first-order valence-electron chi connectivity index (χ1n) is 11.0. The Bertz CT molecular complexity index is 1110. The van der Waals surface area contributed by atoms with Crippen molar-refractivity contribution in [2.45, 2.75) is 40.7 Å². The number of likely N-dealkylation sites (N-methyl/N-ethyl adjacent to an activating group) is 1. The van der Waals surface area contributed by atoms with Crippen molar-refractivity contribution in [3.63, 3.8) is 0 Å². The summed E-state index contributed by atoms with van der Waals surface area (Å²) >= 11 is 0. The maximum atomic E-state index is 13.2. The third-order valence-corrected chi connectivity index (χ3v) is 6.19. The average molecular weight is 458 g/mol. The molecule has 9 nitrogen and oxygen atoms in total. The molecular weight excluding hydrogens is 426 g/mol. The summed E-state index contributed by atoms with van der Waals surface area (Å²) in [6.07, 6.45) is 0. The van der Waals surface area contributed by atoms with Gasteiger partial charge >= 0.3 is 5.97 Å². The molecule has 1 aliphatic rings. The summed E-state index contributed by atoms with van der Waals surface area (Å²) in [7, 11) is 1.26. The highest BCUT2D eigenvalue weighted by Crippen LogP contribution is 2.41. The smallest absolute Gasteiger partial charge is 0.354 e. The summed E-state index contributed by atoms with van der Waals surface area (Å²) < 4.78 is 10.6. The van der Waals surface area contributed by atoms with Gasteiger partial charge in [-0.25, -0.2) is 4.79 Å². The monoisotopic (exact) mass is 457 g/mol. The Labute approximate surface area is 193 Å². The van der Waals surface area contributed by atoms with Gasteiger partial charge in [0.1, 0.15) is 29.0 Å². The minimum atomic E-state index is -0.871. The molecule has 33 heavy (non-hydrogen) atoms. The number of esters is 1. The maximum absolute atomic E-state index is 13.2. The van der Waals surface area contributed by atoms with Crippen LogP contribution in [0.4, 0.5) is 0 Å². The zero-order valence-electron chi connectivity index (χ0n) is 19.9. The summed E-state index contributed by atoms with van der Waals surface area (Å²) in [5.74, 6) is -1.40. The van der Waals surface area contributed by atoms with Gasteiger partial charge in [0.25, 0.3) is 11.7 Å². The van der Waals surface area contributed by atoms with E-state index >= 15 is 0 Å². The lowest BCUT2D eigenvalue weighted by molar-refractivity contribution is -0.140. The lowest BCUT2D eigenvalue weighted by Gasteiger charge is -2.26. The molecule has 2 N–H and O–H groups in total. The molecule has 9 heteroatoms. The van der Waals surface area contributed by atoms with Gasteiger partial charge in [0, 0.05) is 24.3 Å². The number of likely N-dealkylation sites (tertiary alicyclic amines) is 1. The van der Waals surface area contributed by atoms with Crippen molar-refractivity contribution in [1.82, 2.24) is 14.8 Å². The number of nitrogens with one attached hydrogen (secondary N) is 1. The Morgan fingerprint density at radius 3 is 2.42 bits per heavy atom. The topological polar surface area (TPSA) is 116 Å². The van der Waals surface area contributed by atoms with Gasteiger partial charge in [-0.1, -0.05) is 13.8 Å². The van der Waals surface area contributed by atoms with E-state index in [1.165, 1.54) is 12.0 Å². The first-order chi connectivity index (χ1) is 15.7. The van der Waals surface area contributed by atoms with Crippen molar-refractivity contribution < 1.29 is 28.6 Å². The number of aliphatic hydroxyl groups excluding tert-OH is 1. The molecule has 3 rings (SSSR count). The zero-order chi connectivity index (χ0) is 24.4. The minimum Gasteiger partial charge on any atom is -0.507 e. The van der Waals surface area contributed by atoms with Crippen molar-refractivity contribution in [3.05, 3.63) is 51.7 Å². The van der Waals surface area contributed by atoms with Gasteiger partial charge in [-0.05, 0) is 51.6 Å². The van der Waals surface area contributed by atoms with E-state index in [1.54, 1.807) is 32.9 Å². The molecule has 1 saturated heterocycles. The first kappa shape index (κ1) is 24.3. The molecule has 2 aromatic heterocycles. The van der Waals surface area contributed by atoms with Crippen molar-refractivity contribution in [2.24, 2.45) is 0 Å². The number of nitrogens with zero attached hydrogens (tertiary/aromatic N) is 2. The van der Waals surface area contributed by atoms with E-state index < -0.39 is 23.7 Å². The van der Waals surface area contributed by atoms with Crippen LogP contribution in [0.5, 0.6) is 0 Å². The number of Topliss-reactive ketones (excluding diaryl/α,β-unsaturated/α-hetero) is 1. The van der Waals surface area contributed by atoms with Crippen LogP contribution in [-0.2, 0) is 14.3 Å². The van der Waals surface area contributed by atoms with Crippen LogP contribution >= 0.6 is 0 Å². The van der Waals surface area contributed by atoms with Gasteiger partial charge in [-0.3, -0.25) is 9.59 Å². The zero-order valence-corrected chi connectivity index (χ0v) is 19.9. The molecule has 0 radical (unpaired) electrons. The average Bonchev–Trinajstić information content (AvgIpc) is 3.42. The number of furan rings is 1. The number of carbonyl (C=O) groups is 3. The highest BCUT2D eigenvalue weighted by molar-refractivity contribution is 6.46. The van der Waals surface area contributed by atoms with Crippen LogP contribution in [0.1, 0.15) is 58.7 Å². The fourth-order valence-corrected chi connectivity index (χ4v) is 4.34. The van der Waals surface area contributed by atoms with E-state index in [9.17, 15) is 19.5 Å². The summed E-state index contributed by atoms with van der Waals surface area (Å²) in [4.78, 5) is 44.8. The molecule has 0 aliphatic carbocycles. The van der Waals surface area contributed by atoms with Crippen LogP contribution in [-0.4, -0.2) is 70.8 Å². The number of aliphatic hydroxyl groups is 1. The molecule has 1 fully saturated rings. The molecule has 0 aromatic carbocycles. The van der Waals surface area contributed by atoms with Crippen LogP contribution in [0.15, 0.2) is 22.1 Å². The van der Waals surface area contributed by atoms with Crippen molar-refractivity contribution in [1.29, 1.82) is 0 Å². The fourth-order valence-electron chi connectivity index (χ4n) is 4.34. The molecule has 0 saturated carbocycles. The molecule has 0 bridgehead atoms. The first-order valence-corrected chi connectivity index (χ1v) is 11.0. The number of ketones is 1. The van der Waals surface area contributed by atoms with Gasteiger partial charge in [-0.2, -0.15) is 0 Å². The maximum Gasteiger partial charge on any atom is 0.354 e. The van der Waals surface area contributed by atoms with E-state index in [2.05, 4.69) is 9.88 Å². The summed E-state index contributed by atoms with van der Waals surface area (Å²) in [5.41, 5.74) is 1.33. The highest BCUT2D eigenvalue weighted by atomic mass is 16.5. The van der Waals surface area contributed by atoms with Crippen LogP contribution < -0.4 is 0 Å².